The molecule has 0 N–H and O–H groups in total. The average molecular weight is 300 g/mol. The van der Waals surface area contributed by atoms with E-state index in [1.807, 2.05) is 54.6 Å². The molecule has 0 amide bonds. The number of allylic oxidation sites excluding steroid dienone is 1. The fourth-order valence-corrected chi connectivity index (χ4v) is 2.27. The summed E-state index contributed by atoms with van der Waals surface area (Å²) in [7, 11) is 0. The summed E-state index contributed by atoms with van der Waals surface area (Å²) in [5.74, 6) is -1.34. The Bertz CT molecular complexity index is 738. The first-order valence-corrected chi connectivity index (χ1v) is 7.35. The van der Waals surface area contributed by atoms with Crippen molar-refractivity contribution in [2.75, 3.05) is 0 Å². The van der Waals surface area contributed by atoms with Crippen LogP contribution < -0.4 is 0 Å². The van der Waals surface area contributed by atoms with Crippen LogP contribution in [0, 0.1) is 34.5 Å². The topological polar surface area (TPSA) is 64.7 Å². The van der Waals surface area contributed by atoms with E-state index in [0.29, 0.717) is 5.56 Å². The predicted molar refractivity (Wildman–Crippen MR) is 89.1 cm³/mol. The minimum Gasteiger partial charge on any atom is -0.294 e. The van der Waals surface area contributed by atoms with Crippen molar-refractivity contribution >= 4 is 11.9 Å². The molecular formula is C20H16N2O. The van der Waals surface area contributed by atoms with Crippen molar-refractivity contribution in [2.24, 2.45) is 11.8 Å². The first-order valence-electron chi connectivity index (χ1n) is 7.35. The fourth-order valence-electron chi connectivity index (χ4n) is 2.27. The summed E-state index contributed by atoms with van der Waals surface area (Å²) in [4.78, 5) is 12.4. The Morgan fingerprint density at radius 1 is 0.957 bits per heavy atom. The molecule has 112 valence electrons. The Morgan fingerprint density at radius 3 is 2.09 bits per heavy atom. The highest BCUT2D eigenvalue weighted by Crippen LogP contribution is 2.21. The number of carbonyl (C=O) groups excluding carboxylic acids is 1. The highest BCUT2D eigenvalue weighted by atomic mass is 16.1. The van der Waals surface area contributed by atoms with E-state index in [1.54, 1.807) is 30.3 Å². The van der Waals surface area contributed by atoms with E-state index in [2.05, 4.69) is 0 Å². The van der Waals surface area contributed by atoms with Gasteiger partial charge in [0.2, 0.25) is 0 Å². The van der Waals surface area contributed by atoms with E-state index in [0.717, 1.165) is 5.56 Å². The SMILES string of the molecule is N#CC(C#N)C(/C=C/c1ccccc1)CC(=O)c1ccccc1. The zero-order valence-electron chi connectivity index (χ0n) is 12.6. The lowest BCUT2D eigenvalue weighted by atomic mass is 9.87. The van der Waals surface area contributed by atoms with Crippen LogP contribution in [-0.2, 0) is 0 Å². The molecule has 3 heteroatoms. The second-order valence-corrected chi connectivity index (χ2v) is 5.16. The van der Waals surface area contributed by atoms with Crippen molar-refractivity contribution in [3.63, 3.8) is 0 Å². The molecule has 0 fully saturated rings. The Labute approximate surface area is 136 Å². The smallest absolute Gasteiger partial charge is 0.163 e. The maximum Gasteiger partial charge on any atom is 0.163 e. The lowest BCUT2D eigenvalue weighted by molar-refractivity contribution is 0.0966. The highest BCUT2D eigenvalue weighted by Gasteiger charge is 2.22. The van der Waals surface area contributed by atoms with Gasteiger partial charge in [0.25, 0.3) is 0 Å². The lowest BCUT2D eigenvalue weighted by Gasteiger charge is -2.12. The summed E-state index contributed by atoms with van der Waals surface area (Å²) in [6, 6.07) is 22.5. The van der Waals surface area contributed by atoms with E-state index in [9.17, 15) is 4.79 Å². The highest BCUT2D eigenvalue weighted by molar-refractivity contribution is 5.96. The lowest BCUT2D eigenvalue weighted by Crippen LogP contribution is -2.14. The third-order valence-corrected chi connectivity index (χ3v) is 3.56. The summed E-state index contributed by atoms with van der Waals surface area (Å²) >= 11 is 0. The van der Waals surface area contributed by atoms with Crippen LogP contribution in [0.1, 0.15) is 22.3 Å². The maximum atomic E-state index is 12.4. The first-order chi connectivity index (χ1) is 11.2. The molecule has 0 aliphatic carbocycles. The quantitative estimate of drug-likeness (QED) is 0.749. The summed E-state index contributed by atoms with van der Waals surface area (Å²) in [5, 5.41) is 18.3. The molecule has 23 heavy (non-hydrogen) atoms. The molecule has 2 aromatic rings. The average Bonchev–Trinajstić information content (AvgIpc) is 2.62. The molecule has 1 unspecified atom stereocenters. The number of ketones is 1. The number of hydrogen-bond donors (Lipinski definition) is 0. The van der Waals surface area contributed by atoms with Crippen molar-refractivity contribution in [2.45, 2.75) is 6.42 Å². The minimum atomic E-state index is -0.845. The van der Waals surface area contributed by atoms with Gasteiger partial charge in [0.15, 0.2) is 5.78 Å². The Morgan fingerprint density at radius 2 is 1.52 bits per heavy atom. The van der Waals surface area contributed by atoms with Gasteiger partial charge in [0.05, 0.1) is 12.1 Å². The molecule has 0 spiro atoms. The summed E-state index contributed by atoms with van der Waals surface area (Å²) in [6.07, 6.45) is 3.77. The van der Waals surface area contributed by atoms with Crippen LogP contribution in [0.5, 0.6) is 0 Å². The number of carbonyl (C=O) groups is 1. The number of rotatable bonds is 6. The molecule has 0 saturated carbocycles. The van der Waals surface area contributed by atoms with Crippen LogP contribution in [0.3, 0.4) is 0 Å². The van der Waals surface area contributed by atoms with Crippen molar-refractivity contribution in [3.8, 4) is 12.1 Å². The van der Waals surface area contributed by atoms with Crippen LogP contribution in [0.4, 0.5) is 0 Å². The second kappa shape index (κ2) is 8.32. The predicted octanol–water partition coefficient (Wildman–Crippen LogP) is 4.25. The van der Waals surface area contributed by atoms with Crippen LogP contribution in [0.15, 0.2) is 66.7 Å². The van der Waals surface area contributed by atoms with Gasteiger partial charge in [0.1, 0.15) is 5.92 Å². The van der Waals surface area contributed by atoms with E-state index in [4.69, 9.17) is 10.5 Å². The molecule has 0 saturated heterocycles. The first kappa shape index (κ1) is 16.2. The number of nitrogens with zero attached hydrogens (tertiary/aromatic N) is 2. The molecule has 0 aromatic heterocycles. The standard InChI is InChI=1S/C20H16N2O/c21-14-19(15-22)18(12-11-16-7-3-1-4-8-16)13-20(23)17-9-5-2-6-10-17/h1-12,18-19H,13H2/b12-11+. The van der Waals surface area contributed by atoms with Crippen molar-refractivity contribution in [1.82, 2.24) is 0 Å². The second-order valence-electron chi connectivity index (χ2n) is 5.16. The van der Waals surface area contributed by atoms with E-state index in [-0.39, 0.29) is 12.2 Å². The van der Waals surface area contributed by atoms with E-state index >= 15 is 0 Å². The molecule has 0 aliphatic heterocycles. The van der Waals surface area contributed by atoms with Crippen molar-refractivity contribution in [3.05, 3.63) is 77.9 Å². The zero-order chi connectivity index (χ0) is 16.5. The van der Waals surface area contributed by atoms with Crippen LogP contribution in [0.25, 0.3) is 6.08 Å². The summed E-state index contributed by atoms with van der Waals surface area (Å²) in [6.45, 7) is 0. The van der Waals surface area contributed by atoms with E-state index < -0.39 is 11.8 Å². The van der Waals surface area contributed by atoms with Crippen molar-refractivity contribution < 1.29 is 4.79 Å². The summed E-state index contributed by atoms with van der Waals surface area (Å²) in [5.41, 5.74) is 1.57. The summed E-state index contributed by atoms with van der Waals surface area (Å²) < 4.78 is 0. The molecule has 0 bridgehead atoms. The Hall–Kier alpha value is -3.17. The normalized spacial score (nSPS) is 11.8. The largest absolute Gasteiger partial charge is 0.294 e. The number of hydrogen-bond acceptors (Lipinski definition) is 3. The van der Waals surface area contributed by atoms with Gasteiger partial charge < -0.3 is 0 Å². The maximum absolute atomic E-state index is 12.4. The van der Waals surface area contributed by atoms with Crippen LogP contribution in [-0.4, -0.2) is 5.78 Å². The Kier molecular flexibility index (Phi) is 5.86. The van der Waals surface area contributed by atoms with Gasteiger partial charge in [-0.1, -0.05) is 72.8 Å². The molecule has 0 heterocycles. The van der Waals surface area contributed by atoms with Gasteiger partial charge >= 0.3 is 0 Å². The van der Waals surface area contributed by atoms with Gasteiger partial charge in [0, 0.05) is 17.9 Å². The number of nitriles is 2. The molecule has 1 atom stereocenters. The molecule has 0 radical (unpaired) electrons. The van der Waals surface area contributed by atoms with E-state index in [1.165, 1.54) is 0 Å². The number of benzene rings is 2. The number of Topliss-reactive ketones (excluding diaryl/α,β-unsaturated/α-hetero) is 1. The van der Waals surface area contributed by atoms with Crippen LogP contribution >= 0.6 is 0 Å². The molecular weight excluding hydrogens is 284 g/mol. The minimum absolute atomic E-state index is 0.0659. The van der Waals surface area contributed by atoms with Crippen molar-refractivity contribution in [1.29, 1.82) is 10.5 Å². The van der Waals surface area contributed by atoms with Gasteiger partial charge in [-0.15, -0.1) is 0 Å². The molecule has 3 nitrogen and oxygen atoms in total. The third kappa shape index (κ3) is 4.66. The zero-order valence-corrected chi connectivity index (χ0v) is 12.6. The van der Waals surface area contributed by atoms with Gasteiger partial charge in [-0.25, -0.2) is 0 Å². The molecule has 0 aliphatic rings. The van der Waals surface area contributed by atoms with Gasteiger partial charge in [-0.05, 0) is 5.56 Å². The third-order valence-electron chi connectivity index (χ3n) is 3.56. The Balaban J connectivity index is 2.18. The molecule has 2 aromatic carbocycles. The molecule has 2 rings (SSSR count). The monoisotopic (exact) mass is 300 g/mol. The van der Waals surface area contributed by atoms with Crippen LogP contribution in [0.2, 0.25) is 0 Å². The fraction of sp³-hybridized carbons (Fsp3) is 0.150. The van der Waals surface area contributed by atoms with Gasteiger partial charge in [-0.3, -0.25) is 4.79 Å². The van der Waals surface area contributed by atoms with Gasteiger partial charge in [-0.2, -0.15) is 10.5 Å².